The number of nitrogens with zero attached hydrogens (tertiary/aromatic N) is 3. The van der Waals surface area contributed by atoms with Crippen LogP contribution in [0.1, 0.15) is 44.0 Å². The van der Waals surface area contributed by atoms with E-state index in [1.165, 1.54) is 17.3 Å². The van der Waals surface area contributed by atoms with Gasteiger partial charge in [0, 0.05) is 33.6 Å². The zero-order valence-electron chi connectivity index (χ0n) is 18.2. The second-order valence-corrected chi connectivity index (χ2v) is 10.2. The van der Waals surface area contributed by atoms with E-state index in [-0.39, 0.29) is 16.9 Å². The Morgan fingerprint density at radius 1 is 1.10 bits per heavy atom. The van der Waals surface area contributed by atoms with Crippen LogP contribution in [-0.2, 0) is 10.2 Å². The Labute approximate surface area is 193 Å². The lowest BCUT2D eigenvalue weighted by atomic mass is 9.65. The molecule has 0 saturated carbocycles. The van der Waals surface area contributed by atoms with Crippen molar-refractivity contribution in [1.82, 2.24) is 9.97 Å². The molecular formula is C25H26ClN3OS. The van der Waals surface area contributed by atoms with E-state index in [0.29, 0.717) is 10.9 Å². The van der Waals surface area contributed by atoms with Gasteiger partial charge in [-0.15, -0.1) is 0 Å². The van der Waals surface area contributed by atoms with Gasteiger partial charge in [-0.25, -0.2) is 9.97 Å². The molecular weight excluding hydrogens is 426 g/mol. The summed E-state index contributed by atoms with van der Waals surface area (Å²) >= 11 is 7.53. The van der Waals surface area contributed by atoms with Gasteiger partial charge in [0.2, 0.25) is 5.91 Å². The van der Waals surface area contributed by atoms with Crippen molar-refractivity contribution in [2.45, 2.75) is 50.2 Å². The summed E-state index contributed by atoms with van der Waals surface area (Å²) in [5.41, 5.74) is 3.62. The number of hydrogen-bond donors (Lipinski definition) is 0. The van der Waals surface area contributed by atoms with Crippen molar-refractivity contribution in [2.24, 2.45) is 0 Å². The third-order valence-electron chi connectivity index (χ3n) is 5.96. The molecule has 0 N–H and O–H groups in total. The molecule has 1 aromatic heterocycles. The van der Waals surface area contributed by atoms with Crippen molar-refractivity contribution in [3.63, 3.8) is 0 Å². The zero-order chi connectivity index (χ0) is 22.2. The van der Waals surface area contributed by atoms with Crippen LogP contribution in [-0.4, -0.2) is 27.2 Å². The summed E-state index contributed by atoms with van der Waals surface area (Å²) < 4.78 is 0. The van der Waals surface area contributed by atoms with Gasteiger partial charge < -0.3 is 4.90 Å². The maximum absolute atomic E-state index is 13.5. The molecule has 4 nitrogen and oxygen atoms in total. The molecule has 0 unspecified atom stereocenters. The van der Waals surface area contributed by atoms with Crippen molar-refractivity contribution in [3.05, 3.63) is 82.6 Å². The average Bonchev–Trinajstić information content (AvgIpc) is 2.72. The van der Waals surface area contributed by atoms with Crippen LogP contribution >= 0.6 is 23.4 Å². The van der Waals surface area contributed by atoms with Crippen LogP contribution in [0.2, 0.25) is 5.02 Å². The predicted octanol–water partition coefficient (Wildman–Crippen LogP) is 6.05. The van der Waals surface area contributed by atoms with Crippen LogP contribution in [0.25, 0.3) is 0 Å². The quantitative estimate of drug-likeness (QED) is 0.357. The summed E-state index contributed by atoms with van der Waals surface area (Å²) in [6, 6.07) is 18.2. The van der Waals surface area contributed by atoms with Gasteiger partial charge in [-0.05, 0) is 62.6 Å². The normalized spacial score (nSPS) is 19.7. The number of para-hydroxylation sites is 1. The van der Waals surface area contributed by atoms with Crippen molar-refractivity contribution in [1.29, 1.82) is 0 Å². The van der Waals surface area contributed by atoms with E-state index < -0.39 is 0 Å². The van der Waals surface area contributed by atoms with E-state index in [1.54, 1.807) is 6.20 Å². The van der Waals surface area contributed by atoms with E-state index in [9.17, 15) is 4.79 Å². The molecule has 0 aliphatic carbocycles. The number of halogens is 1. The number of carbonyl (C=O) groups excluding carboxylic acids is 1. The molecule has 2 aromatic carbocycles. The molecule has 31 heavy (non-hydrogen) atoms. The van der Waals surface area contributed by atoms with Gasteiger partial charge in [-0.3, -0.25) is 4.79 Å². The molecule has 0 saturated heterocycles. The van der Waals surface area contributed by atoms with Crippen molar-refractivity contribution < 1.29 is 4.79 Å². The predicted molar refractivity (Wildman–Crippen MR) is 128 cm³/mol. The molecule has 0 fully saturated rings. The number of thioether (sulfide) groups is 1. The van der Waals surface area contributed by atoms with Gasteiger partial charge in [-0.2, -0.15) is 0 Å². The summed E-state index contributed by atoms with van der Waals surface area (Å²) in [5.74, 6) is 0.351. The average molecular weight is 452 g/mol. The number of hydrogen-bond acceptors (Lipinski definition) is 4. The number of carbonyl (C=O) groups is 1. The van der Waals surface area contributed by atoms with E-state index in [2.05, 4.69) is 55.0 Å². The topological polar surface area (TPSA) is 46.1 Å². The van der Waals surface area contributed by atoms with Crippen LogP contribution < -0.4 is 4.90 Å². The molecule has 160 valence electrons. The zero-order valence-corrected chi connectivity index (χ0v) is 19.8. The lowest BCUT2D eigenvalue weighted by Gasteiger charge is -2.51. The van der Waals surface area contributed by atoms with Crippen molar-refractivity contribution in [3.8, 4) is 0 Å². The fourth-order valence-corrected chi connectivity index (χ4v) is 5.59. The number of amides is 1. The molecule has 0 bridgehead atoms. The minimum Gasteiger partial charge on any atom is -0.306 e. The largest absolute Gasteiger partial charge is 0.306 e. The molecule has 0 radical (unpaired) electrons. The minimum atomic E-state index is -0.367. The Hall–Kier alpha value is -2.37. The summed E-state index contributed by atoms with van der Waals surface area (Å²) in [6.07, 6.45) is 2.53. The molecule has 0 spiro atoms. The maximum atomic E-state index is 13.5. The molecule has 3 aromatic rings. The first-order valence-corrected chi connectivity index (χ1v) is 11.7. The highest BCUT2D eigenvalue weighted by Crippen LogP contribution is 2.50. The smallest absolute Gasteiger partial charge is 0.237 e. The Bertz CT molecular complexity index is 1120. The fourth-order valence-electron chi connectivity index (χ4n) is 4.73. The van der Waals surface area contributed by atoms with Gasteiger partial charge >= 0.3 is 0 Å². The second kappa shape index (κ2) is 8.29. The number of aryl methyl sites for hydroxylation is 1. The third kappa shape index (κ3) is 4.21. The monoisotopic (exact) mass is 451 g/mol. The summed E-state index contributed by atoms with van der Waals surface area (Å²) in [7, 11) is 0. The van der Waals surface area contributed by atoms with Crippen LogP contribution in [0.3, 0.4) is 0 Å². The highest BCUT2D eigenvalue weighted by atomic mass is 35.5. The third-order valence-corrected chi connectivity index (χ3v) is 7.06. The van der Waals surface area contributed by atoms with Gasteiger partial charge in [-0.1, -0.05) is 60.6 Å². The van der Waals surface area contributed by atoms with Gasteiger partial charge in [0.15, 0.2) is 5.16 Å². The SMILES string of the molecule is Cc1ccnc(SCC(=O)N2c3ccccc3[C@@](C)(c3ccc(Cl)cc3)CC2(C)C)n1. The first kappa shape index (κ1) is 21.8. The highest BCUT2D eigenvalue weighted by molar-refractivity contribution is 7.99. The summed E-state index contributed by atoms with van der Waals surface area (Å²) in [4.78, 5) is 24.1. The molecule has 1 aliphatic rings. The van der Waals surface area contributed by atoms with Crippen molar-refractivity contribution >= 4 is 35.0 Å². The van der Waals surface area contributed by atoms with Gasteiger partial charge in [0.05, 0.1) is 5.75 Å². The number of fused-ring (bicyclic) bond motifs is 1. The molecule has 4 rings (SSSR count). The molecule has 6 heteroatoms. The van der Waals surface area contributed by atoms with Crippen LogP contribution in [0.15, 0.2) is 66.0 Å². The van der Waals surface area contributed by atoms with E-state index in [0.717, 1.165) is 28.4 Å². The number of aromatic nitrogens is 2. The lowest BCUT2D eigenvalue weighted by Crippen LogP contribution is -2.56. The maximum Gasteiger partial charge on any atom is 0.237 e. The van der Waals surface area contributed by atoms with Crippen molar-refractivity contribution in [2.75, 3.05) is 10.7 Å². The van der Waals surface area contributed by atoms with Gasteiger partial charge in [0.1, 0.15) is 0 Å². The number of benzene rings is 2. The number of rotatable bonds is 4. The van der Waals surface area contributed by atoms with Crippen LogP contribution in [0, 0.1) is 6.92 Å². The van der Waals surface area contributed by atoms with E-state index in [4.69, 9.17) is 11.6 Å². The Morgan fingerprint density at radius 3 is 2.52 bits per heavy atom. The number of anilines is 1. The molecule has 2 heterocycles. The van der Waals surface area contributed by atoms with Gasteiger partial charge in [0.25, 0.3) is 0 Å². The lowest BCUT2D eigenvalue weighted by molar-refractivity contribution is -0.117. The second-order valence-electron chi connectivity index (χ2n) is 8.84. The Morgan fingerprint density at radius 2 is 1.81 bits per heavy atom. The summed E-state index contributed by atoms with van der Waals surface area (Å²) in [5, 5.41) is 1.35. The Kier molecular flexibility index (Phi) is 5.84. The first-order chi connectivity index (χ1) is 14.7. The highest BCUT2D eigenvalue weighted by Gasteiger charge is 2.47. The molecule has 1 atom stereocenters. The molecule has 1 amide bonds. The fraction of sp³-hybridized carbons (Fsp3) is 0.320. The van der Waals surface area contributed by atoms with Crippen LogP contribution in [0.5, 0.6) is 0 Å². The van der Waals surface area contributed by atoms with Crippen LogP contribution in [0.4, 0.5) is 5.69 Å². The molecule has 1 aliphatic heterocycles. The van der Waals surface area contributed by atoms with E-state index in [1.807, 2.05) is 42.2 Å². The Balaban J connectivity index is 1.70. The van der Waals surface area contributed by atoms with E-state index >= 15 is 0 Å². The first-order valence-electron chi connectivity index (χ1n) is 10.3. The standard InChI is InChI=1S/C25H26ClN3OS/c1-17-13-14-27-23(28-17)31-15-22(30)29-21-8-6-5-7-20(21)25(4,16-24(29,2)3)18-9-11-19(26)12-10-18/h5-14H,15-16H2,1-4H3/t25-/m1/s1. The summed E-state index contributed by atoms with van der Waals surface area (Å²) in [6.45, 7) is 8.47. The minimum absolute atomic E-state index is 0.0608.